The molecule has 0 aliphatic carbocycles. The summed E-state index contributed by atoms with van der Waals surface area (Å²) in [6.07, 6.45) is 2.28. The second-order valence-corrected chi connectivity index (χ2v) is 6.00. The SMILES string of the molecule is Cc1cc(OCCCOc2ncnc3ccccc23)cc(C)c1Cl. The van der Waals surface area contributed by atoms with Crippen molar-refractivity contribution in [1.29, 1.82) is 0 Å². The van der Waals surface area contributed by atoms with Crippen LogP contribution in [0, 0.1) is 13.8 Å². The van der Waals surface area contributed by atoms with Crippen molar-refractivity contribution in [2.75, 3.05) is 13.2 Å². The van der Waals surface area contributed by atoms with E-state index in [9.17, 15) is 0 Å². The molecule has 3 aromatic rings. The fraction of sp³-hybridized carbons (Fsp3) is 0.263. The second kappa shape index (κ2) is 7.49. The minimum Gasteiger partial charge on any atom is -0.493 e. The van der Waals surface area contributed by atoms with Gasteiger partial charge in [-0.1, -0.05) is 23.7 Å². The number of rotatable bonds is 6. The van der Waals surface area contributed by atoms with Gasteiger partial charge in [-0.05, 0) is 49.2 Å². The number of aromatic nitrogens is 2. The predicted molar refractivity (Wildman–Crippen MR) is 96.1 cm³/mol. The van der Waals surface area contributed by atoms with Crippen LogP contribution in [0.3, 0.4) is 0 Å². The molecule has 0 unspecified atom stereocenters. The van der Waals surface area contributed by atoms with Gasteiger partial charge in [0.05, 0.1) is 24.1 Å². The van der Waals surface area contributed by atoms with Gasteiger partial charge in [0.25, 0.3) is 0 Å². The molecular formula is C19H19ClN2O2. The van der Waals surface area contributed by atoms with Crippen LogP contribution in [0.1, 0.15) is 17.5 Å². The lowest BCUT2D eigenvalue weighted by atomic mass is 10.1. The molecule has 1 heterocycles. The molecule has 5 heteroatoms. The van der Waals surface area contributed by atoms with Crippen LogP contribution < -0.4 is 9.47 Å². The lowest BCUT2D eigenvalue weighted by molar-refractivity contribution is 0.244. The number of aryl methyl sites for hydroxylation is 2. The zero-order valence-corrected chi connectivity index (χ0v) is 14.5. The number of benzene rings is 2. The van der Waals surface area contributed by atoms with Gasteiger partial charge in [0.1, 0.15) is 12.1 Å². The molecule has 2 aromatic carbocycles. The molecule has 0 saturated heterocycles. The Labute approximate surface area is 146 Å². The highest BCUT2D eigenvalue weighted by Crippen LogP contribution is 2.26. The maximum absolute atomic E-state index is 6.16. The van der Waals surface area contributed by atoms with Crippen LogP contribution in [-0.4, -0.2) is 23.2 Å². The van der Waals surface area contributed by atoms with Gasteiger partial charge in [0.2, 0.25) is 5.88 Å². The average molecular weight is 343 g/mol. The fourth-order valence-corrected chi connectivity index (χ4v) is 2.61. The highest BCUT2D eigenvalue weighted by molar-refractivity contribution is 6.32. The first-order valence-electron chi connectivity index (χ1n) is 7.87. The third-order valence-corrected chi connectivity index (χ3v) is 4.31. The largest absolute Gasteiger partial charge is 0.493 e. The summed E-state index contributed by atoms with van der Waals surface area (Å²) in [4.78, 5) is 8.43. The summed E-state index contributed by atoms with van der Waals surface area (Å²) in [7, 11) is 0. The van der Waals surface area contributed by atoms with E-state index in [1.165, 1.54) is 6.33 Å². The Balaban J connectivity index is 1.52. The van der Waals surface area contributed by atoms with Crippen LogP contribution >= 0.6 is 11.6 Å². The van der Waals surface area contributed by atoms with Crippen molar-refractivity contribution in [3.05, 3.63) is 58.9 Å². The Morgan fingerprint density at radius 1 is 0.958 bits per heavy atom. The van der Waals surface area contributed by atoms with Gasteiger partial charge >= 0.3 is 0 Å². The molecule has 0 aliphatic heterocycles. The van der Waals surface area contributed by atoms with Crippen molar-refractivity contribution >= 4 is 22.5 Å². The van der Waals surface area contributed by atoms with E-state index in [1.54, 1.807) is 0 Å². The Kier molecular flexibility index (Phi) is 5.16. The number of halogens is 1. The topological polar surface area (TPSA) is 44.2 Å². The molecule has 0 atom stereocenters. The fourth-order valence-electron chi connectivity index (χ4n) is 2.50. The number of para-hydroxylation sites is 1. The number of hydrogen-bond acceptors (Lipinski definition) is 4. The predicted octanol–water partition coefficient (Wildman–Crippen LogP) is 4.75. The molecule has 1 aromatic heterocycles. The van der Waals surface area contributed by atoms with Crippen molar-refractivity contribution in [3.63, 3.8) is 0 Å². The lowest BCUT2D eigenvalue weighted by Crippen LogP contribution is -2.06. The molecule has 0 bridgehead atoms. The van der Waals surface area contributed by atoms with E-state index < -0.39 is 0 Å². The summed E-state index contributed by atoms with van der Waals surface area (Å²) in [6.45, 7) is 5.06. The Morgan fingerprint density at radius 2 is 1.67 bits per heavy atom. The molecule has 0 amide bonds. The molecule has 24 heavy (non-hydrogen) atoms. The highest BCUT2D eigenvalue weighted by atomic mass is 35.5. The van der Waals surface area contributed by atoms with Crippen molar-refractivity contribution in [2.45, 2.75) is 20.3 Å². The first kappa shape index (κ1) is 16.5. The average Bonchev–Trinajstić information content (AvgIpc) is 2.59. The summed E-state index contributed by atoms with van der Waals surface area (Å²) in [5, 5.41) is 1.71. The molecule has 0 radical (unpaired) electrons. The van der Waals surface area contributed by atoms with Gasteiger partial charge < -0.3 is 9.47 Å². The first-order valence-corrected chi connectivity index (χ1v) is 8.25. The van der Waals surface area contributed by atoms with Crippen LogP contribution in [0.15, 0.2) is 42.7 Å². The highest BCUT2D eigenvalue weighted by Gasteiger charge is 2.05. The summed E-state index contributed by atoms with van der Waals surface area (Å²) in [5.74, 6) is 1.45. The molecule has 0 spiro atoms. The number of nitrogens with zero attached hydrogens (tertiary/aromatic N) is 2. The van der Waals surface area contributed by atoms with Crippen molar-refractivity contribution in [3.8, 4) is 11.6 Å². The summed E-state index contributed by atoms with van der Waals surface area (Å²) < 4.78 is 11.5. The molecule has 0 N–H and O–H groups in total. The second-order valence-electron chi connectivity index (χ2n) is 5.62. The van der Waals surface area contributed by atoms with Gasteiger partial charge in [-0.2, -0.15) is 0 Å². The maximum Gasteiger partial charge on any atom is 0.224 e. The minimum absolute atomic E-state index is 0.534. The van der Waals surface area contributed by atoms with Crippen molar-refractivity contribution in [1.82, 2.24) is 9.97 Å². The van der Waals surface area contributed by atoms with Gasteiger partial charge in [-0.15, -0.1) is 0 Å². The zero-order valence-electron chi connectivity index (χ0n) is 13.8. The maximum atomic E-state index is 6.16. The molecule has 124 valence electrons. The number of hydrogen-bond donors (Lipinski definition) is 0. The van der Waals surface area contributed by atoms with E-state index in [4.69, 9.17) is 21.1 Å². The summed E-state index contributed by atoms with van der Waals surface area (Å²) in [5.41, 5.74) is 2.93. The van der Waals surface area contributed by atoms with Crippen LogP contribution in [0.2, 0.25) is 5.02 Å². The van der Waals surface area contributed by atoms with E-state index in [-0.39, 0.29) is 0 Å². The quantitative estimate of drug-likeness (QED) is 0.606. The number of fused-ring (bicyclic) bond motifs is 1. The van der Waals surface area contributed by atoms with Crippen LogP contribution in [0.25, 0.3) is 10.9 Å². The van der Waals surface area contributed by atoms with Crippen molar-refractivity contribution in [2.24, 2.45) is 0 Å². The standard InChI is InChI=1S/C19H19ClN2O2/c1-13-10-15(11-14(2)18(13)20)23-8-5-9-24-19-16-6-3-4-7-17(16)21-12-22-19/h3-4,6-7,10-12H,5,8-9H2,1-2H3. The Morgan fingerprint density at radius 3 is 2.46 bits per heavy atom. The summed E-state index contributed by atoms with van der Waals surface area (Å²) in [6, 6.07) is 11.7. The van der Waals surface area contributed by atoms with E-state index >= 15 is 0 Å². The van der Waals surface area contributed by atoms with Crippen molar-refractivity contribution < 1.29 is 9.47 Å². The smallest absolute Gasteiger partial charge is 0.224 e. The normalized spacial score (nSPS) is 10.8. The van der Waals surface area contributed by atoms with Crippen LogP contribution in [-0.2, 0) is 0 Å². The van der Waals surface area contributed by atoms with Gasteiger partial charge in [0, 0.05) is 11.4 Å². The Bertz CT molecular complexity index is 823. The summed E-state index contributed by atoms with van der Waals surface area (Å²) >= 11 is 6.16. The van der Waals surface area contributed by atoms with Gasteiger partial charge in [-0.25, -0.2) is 9.97 Å². The number of ether oxygens (including phenoxy) is 2. The van der Waals surface area contributed by atoms with Crippen LogP contribution in [0.4, 0.5) is 0 Å². The first-order chi connectivity index (χ1) is 11.6. The molecule has 0 aliphatic rings. The lowest BCUT2D eigenvalue weighted by Gasteiger charge is -2.11. The van der Waals surface area contributed by atoms with Gasteiger partial charge in [-0.3, -0.25) is 0 Å². The molecule has 0 fully saturated rings. The third kappa shape index (κ3) is 3.77. The van der Waals surface area contributed by atoms with E-state index in [1.807, 2.05) is 50.2 Å². The molecule has 4 nitrogen and oxygen atoms in total. The third-order valence-electron chi connectivity index (χ3n) is 3.71. The van der Waals surface area contributed by atoms with E-state index in [0.29, 0.717) is 19.1 Å². The minimum atomic E-state index is 0.534. The molecular weight excluding hydrogens is 324 g/mol. The van der Waals surface area contributed by atoms with Gasteiger partial charge in [0.15, 0.2) is 0 Å². The molecule has 3 rings (SSSR count). The molecule has 0 saturated carbocycles. The monoisotopic (exact) mass is 342 g/mol. The zero-order chi connectivity index (χ0) is 16.9. The van der Waals surface area contributed by atoms with E-state index in [0.717, 1.165) is 39.2 Å². The van der Waals surface area contributed by atoms with E-state index in [2.05, 4.69) is 9.97 Å². The van der Waals surface area contributed by atoms with Crippen LogP contribution in [0.5, 0.6) is 11.6 Å². The Hall–Kier alpha value is -2.33.